The fraction of sp³-hybridized carbons (Fsp3) is 0.417. The number of benzene rings is 1. The first-order valence-electron chi connectivity index (χ1n) is 5.11. The predicted molar refractivity (Wildman–Crippen MR) is 59.6 cm³/mol. The Bertz CT molecular complexity index is 400. The van der Waals surface area contributed by atoms with Gasteiger partial charge in [0.2, 0.25) is 0 Å². The number of ether oxygens (including phenoxy) is 1. The molecule has 2 unspecified atom stereocenters. The van der Waals surface area contributed by atoms with Crippen molar-refractivity contribution in [2.75, 3.05) is 7.05 Å². The predicted octanol–water partition coefficient (Wildman–Crippen LogP) is 2.40. The van der Waals surface area contributed by atoms with Crippen LogP contribution in [0.4, 0.5) is 4.39 Å². The molecule has 0 aliphatic heterocycles. The summed E-state index contributed by atoms with van der Waals surface area (Å²) in [5, 5.41) is 11.7. The van der Waals surface area contributed by atoms with E-state index in [4.69, 9.17) is 10.00 Å². The van der Waals surface area contributed by atoms with Gasteiger partial charge in [0, 0.05) is 11.6 Å². The number of hydrogen-bond donors (Lipinski definition) is 1. The first kappa shape index (κ1) is 12.5. The van der Waals surface area contributed by atoms with Gasteiger partial charge in [-0.3, -0.25) is 0 Å². The average Bonchev–Trinajstić information content (AvgIpc) is 2.30. The molecule has 16 heavy (non-hydrogen) atoms. The number of halogens is 1. The molecule has 0 saturated heterocycles. The minimum Gasteiger partial charge on any atom is -0.476 e. The zero-order valence-corrected chi connectivity index (χ0v) is 9.62. The van der Waals surface area contributed by atoms with Gasteiger partial charge in [-0.2, -0.15) is 5.26 Å². The first-order valence-corrected chi connectivity index (χ1v) is 5.11. The molecular weight excluding hydrogens is 207 g/mol. The third-order valence-electron chi connectivity index (χ3n) is 2.36. The van der Waals surface area contributed by atoms with Gasteiger partial charge in [-0.25, -0.2) is 4.39 Å². The highest BCUT2D eigenvalue weighted by atomic mass is 19.1. The smallest absolute Gasteiger partial charge is 0.181 e. The molecule has 2 atom stereocenters. The van der Waals surface area contributed by atoms with Crippen LogP contribution in [-0.4, -0.2) is 13.2 Å². The van der Waals surface area contributed by atoms with Crippen LogP contribution in [0.3, 0.4) is 0 Å². The maximum absolute atomic E-state index is 13.1. The van der Waals surface area contributed by atoms with Crippen molar-refractivity contribution in [3.63, 3.8) is 0 Å². The normalized spacial score (nSPS) is 13.9. The van der Waals surface area contributed by atoms with Crippen molar-refractivity contribution in [1.29, 1.82) is 5.26 Å². The van der Waals surface area contributed by atoms with Crippen LogP contribution in [0.1, 0.15) is 25.5 Å². The van der Waals surface area contributed by atoms with Crippen molar-refractivity contribution in [1.82, 2.24) is 5.32 Å². The molecular formula is C12H15FN2O. The van der Waals surface area contributed by atoms with Gasteiger partial charge in [0.15, 0.2) is 6.10 Å². The van der Waals surface area contributed by atoms with Crippen molar-refractivity contribution >= 4 is 0 Å². The summed E-state index contributed by atoms with van der Waals surface area (Å²) in [6.07, 6.45) is -0.548. The molecule has 1 aromatic rings. The van der Waals surface area contributed by atoms with E-state index in [0.29, 0.717) is 11.3 Å². The highest BCUT2D eigenvalue weighted by Crippen LogP contribution is 2.26. The van der Waals surface area contributed by atoms with E-state index >= 15 is 0 Å². The highest BCUT2D eigenvalue weighted by molar-refractivity contribution is 5.36. The number of nitrogens with one attached hydrogen (secondary N) is 1. The number of nitrogens with zero attached hydrogens (tertiary/aromatic N) is 1. The standard InChI is InChI=1S/C12H15FN2O/c1-8(7-14)16-12-5-4-10(13)6-11(12)9(2)15-3/h4-6,8-9,15H,1-3H3. The lowest BCUT2D eigenvalue weighted by atomic mass is 10.1. The molecule has 0 heterocycles. The van der Waals surface area contributed by atoms with Crippen molar-refractivity contribution in [2.45, 2.75) is 26.0 Å². The third kappa shape index (κ3) is 2.94. The molecule has 1 N–H and O–H groups in total. The van der Waals surface area contributed by atoms with Crippen LogP contribution in [0.2, 0.25) is 0 Å². The lowest BCUT2D eigenvalue weighted by molar-refractivity contribution is 0.271. The molecule has 0 aliphatic carbocycles. The molecule has 0 aliphatic rings. The maximum atomic E-state index is 13.1. The second-order valence-electron chi connectivity index (χ2n) is 3.58. The van der Waals surface area contributed by atoms with Gasteiger partial charge in [-0.05, 0) is 39.1 Å². The lowest BCUT2D eigenvalue weighted by Crippen LogP contribution is -2.16. The van der Waals surface area contributed by atoms with E-state index in [1.54, 1.807) is 20.0 Å². The van der Waals surface area contributed by atoms with Crippen molar-refractivity contribution in [3.05, 3.63) is 29.6 Å². The molecule has 4 heteroatoms. The van der Waals surface area contributed by atoms with Gasteiger partial charge in [0.05, 0.1) is 0 Å². The monoisotopic (exact) mass is 222 g/mol. The molecule has 0 fully saturated rings. The Hall–Kier alpha value is -1.60. The van der Waals surface area contributed by atoms with E-state index in [1.807, 2.05) is 13.0 Å². The van der Waals surface area contributed by atoms with E-state index in [2.05, 4.69) is 5.32 Å². The lowest BCUT2D eigenvalue weighted by Gasteiger charge is -2.17. The quantitative estimate of drug-likeness (QED) is 0.850. The van der Waals surface area contributed by atoms with E-state index in [-0.39, 0.29) is 11.9 Å². The van der Waals surface area contributed by atoms with E-state index in [9.17, 15) is 4.39 Å². The average molecular weight is 222 g/mol. The summed E-state index contributed by atoms with van der Waals surface area (Å²) >= 11 is 0. The Balaban J connectivity index is 3.03. The summed E-state index contributed by atoms with van der Waals surface area (Å²) in [5.41, 5.74) is 0.713. The summed E-state index contributed by atoms with van der Waals surface area (Å²) < 4.78 is 18.5. The molecule has 3 nitrogen and oxygen atoms in total. The zero-order chi connectivity index (χ0) is 12.1. The maximum Gasteiger partial charge on any atom is 0.181 e. The summed E-state index contributed by atoms with van der Waals surface area (Å²) in [5.74, 6) is 0.228. The highest BCUT2D eigenvalue weighted by Gasteiger charge is 2.13. The minimum atomic E-state index is -0.548. The van der Waals surface area contributed by atoms with Gasteiger partial charge in [0.1, 0.15) is 17.6 Å². The first-order chi connectivity index (χ1) is 7.58. The van der Waals surface area contributed by atoms with Gasteiger partial charge < -0.3 is 10.1 Å². The third-order valence-corrected chi connectivity index (χ3v) is 2.36. The van der Waals surface area contributed by atoms with Crippen molar-refractivity contribution in [2.24, 2.45) is 0 Å². The molecule has 0 radical (unpaired) electrons. The molecule has 0 spiro atoms. The van der Waals surface area contributed by atoms with Gasteiger partial charge in [0.25, 0.3) is 0 Å². The van der Waals surface area contributed by atoms with Crippen LogP contribution in [-0.2, 0) is 0 Å². The molecule has 0 saturated carbocycles. The Morgan fingerprint density at radius 3 is 2.69 bits per heavy atom. The van der Waals surface area contributed by atoms with Crippen LogP contribution >= 0.6 is 0 Å². The molecule has 0 aromatic heterocycles. The van der Waals surface area contributed by atoms with Gasteiger partial charge >= 0.3 is 0 Å². The summed E-state index contributed by atoms with van der Waals surface area (Å²) in [7, 11) is 1.78. The molecule has 0 amide bonds. The number of nitriles is 1. The summed E-state index contributed by atoms with van der Waals surface area (Å²) in [4.78, 5) is 0. The van der Waals surface area contributed by atoms with Crippen LogP contribution in [0.15, 0.2) is 18.2 Å². The Kier molecular flexibility index (Phi) is 4.27. The fourth-order valence-electron chi connectivity index (χ4n) is 1.34. The van der Waals surface area contributed by atoms with E-state index in [0.717, 1.165) is 0 Å². The van der Waals surface area contributed by atoms with Crippen LogP contribution in [0.25, 0.3) is 0 Å². The molecule has 1 aromatic carbocycles. The van der Waals surface area contributed by atoms with E-state index in [1.165, 1.54) is 12.1 Å². The topological polar surface area (TPSA) is 45.0 Å². The van der Waals surface area contributed by atoms with Gasteiger partial charge in [-0.1, -0.05) is 0 Å². The Labute approximate surface area is 94.8 Å². The number of rotatable bonds is 4. The summed E-state index contributed by atoms with van der Waals surface area (Å²) in [6.45, 7) is 3.55. The molecule has 86 valence electrons. The van der Waals surface area contributed by atoms with Crippen LogP contribution in [0, 0.1) is 17.1 Å². The largest absolute Gasteiger partial charge is 0.476 e. The van der Waals surface area contributed by atoms with Gasteiger partial charge in [-0.15, -0.1) is 0 Å². The fourth-order valence-corrected chi connectivity index (χ4v) is 1.34. The SMILES string of the molecule is CNC(C)c1cc(F)ccc1OC(C)C#N. The zero-order valence-electron chi connectivity index (χ0n) is 9.62. The van der Waals surface area contributed by atoms with Crippen molar-refractivity contribution < 1.29 is 9.13 Å². The van der Waals surface area contributed by atoms with Crippen molar-refractivity contribution in [3.8, 4) is 11.8 Å². The van der Waals surface area contributed by atoms with Crippen LogP contribution < -0.4 is 10.1 Å². The van der Waals surface area contributed by atoms with Crippen LogP contribution in [0.5, 0.6) is 5.75 Å². The molecule has 1 rings (SSSR count). The number of hydrogen-bond acceptors (Lipinski definition) is 3. The second-order valence-corrected chi connectivity index (χ2v) is 3.58. The van der Waals surface area contributed by atoms with E-state index < -0.39 is 6.10 Å². The Morgan fingerprint density at radius 2 is 2.12 bits per heavy atom. The Morgan fingerprint density at radius 1 is 1.44 bits per heavy atom. The molecule has 0 bridgehead atoms. The minimum absolute atomic E-state index is 0.0309. The second kappa shape index (κ2) is 5.47. The summed E-state index contributed by atoms with van der Waals surface area (Å²) in [6, 6.07) is 6.23.